The summed E-state index contributed by atoms with van der Waals surface area (Å²) in [6.45, 7) is -0.0195. The molecule has 0 saturated heterocycles. The van der Waals surface area contributed by atoms with Crippen LogP contribution in [-0.2, 0) is 13.0 Å². The summed E-state index contributed by atoms with van der Waals surface area (Å²) in [6, 6.07) is 18.5. The molecule has 0 atom stereocenters. The van der Waals surface area contributed by atoms with Crippen LogP contribution in [0.5, 0.6) is 5.75 Å². The van der Waals surface area contributed by atoms with E-state index in [9.17, 15) is 13.6 Å². The van der Waals surface area contributed by atoms with E-state index in [0.29, 0.717) is 17.6 Å². The minimum atomic E-state index is -0.607. The summed E-state index contributed by atoms with van der Waals surface area (Å²) >= 11 is 0. The maximum absolute atomic E-state index is 14.6. The molecule has 0 amide bonds. The summed E-state index contributed by atoms with van der Waals surface area (Å²) < 4.78 is 34.0. The van der Waals surface area contributed by atoms with E-state index in [-0.39, 0.29) is 30.0 Å². The Hall–Kier alpha value is -3.01. The lowest BCUT2D eigenvalue weighted by atomic mass is 10.0. The first-order chi connectivity index (χ1) is 12.2. The van der Waals surface area contributed by atoms with Gasteiger partial charge >= 0.3 is 0 Å². The minimum Gasteiger partial charge on any atom is -0.488 e. The second kappa shape index (κ2) is 7.71. The van der Waals surface area contributed by atoms with Gasteiger partial charge in [-0.1, -0.05) is 48.5 Å². The molecule has 0 aromatic heterocycles. The topological polar surface area (TPSA) is 26.3 Å². The number of rotatable bonds is 6. The normalized spacial score (nSPS) is 10.5. The third-order valence-corrected chi connectivity index (χ3v) is 3.92. The Morgan fingerprint density at radius 3 is 2.32 bits per heavy atom. The molecule has 3 aromatic carbocycles. The Morgan fingerprint density at radius 2 is 1.60 bits per heavy atom. The molecule has 0 aliphatic heterocycles. The quantitative estimate of drug-likeness (QED) is 0.595. The smallest absolute Gasteiger partial charge is 0.153 e. The zero-order valence-electron chi connectivity index (χ0n) is 13.4. The fourth-order valence-corrected chi connectivity index (χ4v) is 2.58. The summed E-state index contributed by atoms with van der Waals surface area (Å²) in [5.74, 6) is -0.683. The fourth-order valence-electron chi connectivity index (χ4n) is 2.58. The Morgan fingerprint density at radius 1 is 0.880 bits per heavy atom. The monoisotopic (exact) mass is 338 g/mol. The molecule has 3 rings (SSSR count). The molecule has 0 aliphatic rings. The molecule has 0 aliphatic carbocycles. The minimum absolute atomic E-state index is 0.0195. The predicted molar refractivity (Wildman–Crippen MR) is 91.8 cm³/mol. The van der Waals surface area contributed by atoms with Gasteiger partial charge in [-0.15, -0.1) is 0 Å². The number of hydrogen-bond acceptors (Lipinski definition) is 2. The molecule has 25 heavy (non-hydrogen) atoms. The summed E-state index contributed by atoms with van der Waals surface area (Å²) in [5, 5.41) is 0. The van der Waals surface area contributed by atoms with Crippen molar-refractivity contribution in [3.8, 4) is 5.75 Å². The van der Waals surface area contributed by atoms with Crippen LogP contribution in [0, 0.1) is 11.6 Å². The number of halogens is 2. The third-order valence-electron chi connectivity index (χ3n) is 3.92. The lowest BCUT2D eigenvalue weighted by molar-refractivity contribution is 0.111. The van der Waals surface area contributed by atoms with Crippen LogP contribution in [0.3, 0.4) is 0 Å². The Bertz CT molecular complexity index is 876. The van der Waals surface area contributed by atoms with Gasteiger partial charge in [-0.25, -0.2) is 8.78 Å². The lowest BCUT2D eigenvalue weighted by Crippen LogP contribution is -2.05. The van der Waals surface area contributed by atoms with Crippen molar-refractivity contribution in [2.45, 2.75) is 13.0 Å². The van der Waals surface area contributed by atoms with Crippen molar-refractivity contribution < 1.29 is 18.3 Å². The van der Waals surface area contributed by atoms with Crippen molar-refractivity contribution in [3.63, 3.8) is 0 Å². The van der Waals surface area contributed by atoms with E-state index in [0.717, 1.165) is 5.56 Å². The molecule has 3 aromatic rings. The standard InChI is InChI=1S/C21H16F2O2/c22-19-9-5-4-8-17(19)14-25-20-11-10-16(13-24)21(23)18(20)12-15-6-2-1-3-7-15/h1-11,13H,12,14H2. The highest BCUT2D eigenvalue weighted by Gasteiger charge is 2.15. The van der Waals surface area contributed by atoms with Crippen LogP contribution in [0.1, 0.15) is 27.0 Å². The van der Waals surface area contributed by atoms with E-state index in [1.165, 1.54) is 12.1 Å². The summed E-state index contributed by atoms with van der Waals surface area (Å²) in [7, 11) is 0. The first kappa shape index (κ1) is 16.8. The van der Waals surface area contributed by atoms with Gasteiger partial charge in [-0.2, -0.15) is 0 Å². The van der Waals surface area contributed by atoms with E-state index in [2.05, 4.69) is 0 Å². The Balaban J connectivity index is 1.91. The molecule has 0 heterocycles. The average Bonchev–Trinajstić information content (AvgIpc) is 2.64. The summed E-state index contributed by atoms with van der Waals surface area (Å²) in [6.07, 6.45) is 0.755. The zero-order valence-corrected chi connectivity index (χ0v) is 13.4. The average molecular weight is 338 g/mol. The third kappa shape index (κ3) is 3.91. The van der Waals surface area contributed by atoms with Crippen LogP contribution in [0.2, 0.25) is 0 Å². The van der Waals surface area contributed by atoms with Crippen LogP contribution >= 0.6 is 0 Å². The number of aldehydes is 1. The van der Waals surface area contributed by atoms with Gasteiger partial charge in [0.05, 0.1) is 5.56 Å². The molecule has 126 valence electrons. The van der Waals surface area contributed by atoms with Crippen LogP contribution < -0.4 is 4.74 Å². The van der Waals surface area contributed by atoms with Gasteiger partial charge in [0.1, 0.15) is 24.0 Å². The molecule has 4 heteroatoms. The number of ether oxygens (including phenoxy) is 1. The van der Waals surface area contributed by atoms with E-state index < -0.39 is 5.82 Å². The van der Waals surface area contributed by atoms with E-state index in [1.807, 2.05) is 30.3 Å². The van der Waals surface area contributed by atoms with E-state index in [4.69, 9.17) is 4.74 Å². The predicted octanol–water partition coefficient (Wildman–Crippen LogP) is 4.95. The van der Waals surface area contributed by atoms with Crippen molar-refractivity contribution in [2.24, 2.45) is 0 Å². The highest BCUT2D eigenvalue weighted by molar-refractivity contribution is 5.76. The zero-order chi connectivity index (χ0) is 17.6. The molecule has 2 nitrogen and oxygen atoms in total. The molecular weight excluding hydrogens is 322 g/mol. The molecule has 0 N–H and O–H groups in total. The van der Waals surface area contributed by atoms with Crippen molar-refractivity contribution in [1.82, 2.24) is 0 Å². The number of hydrogen-bond donors (Lipinski definition) is 0. The lowest BCUT2D eigenvalue weighted by Gasteiger charge is -2.14. The first-order valence-electron chi connectivity index (χ1n) is 7.85. The largest absolute Gasteiger partial charge is 0.488 e. The van der Waals surface area contributed by atoms with Gasteiger partial charge in [0.25, 0.3) is 0 Å². The molecule has 0 radical (unpaired) electrons. The van der Waals surface area contributed by atoms with Crippen LogP contribution in [0.15, 0.2) is 66.7 Å². The van der Waals surface area contributed by atoms with Crippen molar-refractivity contribution in [3.05, 3.63) is 101 Å². The van der Waals surface area contributed by atoms with Gasteiger partial charge in [0, 0.05) is 17.5 Å². The summed E-state index contributed by atoms with van der Waals surface area (Å²) in [4.78, 5) is 11.0. The number of carbonyl (C=O) groups is 1. The highest BCUT2D eigenvalue weighted by Crippen LogP contribution is 2.27. The van der Waals surface area contributed by atoms with Gasteiger partial charge in [-0.05, 0) is 23.8 Å². The van der Waals surface area contributed by atoms with E-state index >= 15 is 0 Å². The molecule has 0 spiro atoms. The van der Waals surface area contributed by atoms with Gasteiger partial charge in [-0.3, -0.25) is 4.79 Å². The number of carbonyl (C=O) groups excluding carboxylic acids is 1. The van der Waals surface area contributed by atoms with Crippen molar-refractivity contribution >= 4 is 6.29 Å². The maximum Gasteiger partial charge on any atom is 0.153 e. The van der Waals surface area contributed by atoms with Crippen LogP contribution in [0.4, 0.5) is 8.78 Å². The van der Waals surface area contributed by atoms with Gasteiger partial charge < -0.3 is 4.74 Å². The second-order valence-corrected chi connectivity index (χ2v) is 5.61. The van der Waals surface area contributed by atoms with E-state index in [1.54, 1.807) is 24.3 Å². The number of benzene rings is 3. The Labute approximate surface area is 144 Å². The van der Waals surface area contributed by atoms with Crippen LogP contribution in [0.25, 0.3) is 0 Å². The van der Waals surface area contributed by atoms with Crippen LogP contribution in [-0.4, -0.2) is 6.29 Å². The van der Waals surface area contributed by atoms with Crippen molar-refractivity contribution in [2.75, 3.05) is 0 Å². The molecule has 0 saturated carbocycles. The van der Waals surface area contributed by atoms with Crippen molar-refractivity contribution in [1.29, 1.82) is 0 Å². The molecule has 0 unspecified atom stereocenters. The second-order valence-electron chi connectivity index (χ2n) is 5.61. The van der Waals surface area contributed by atoms with Gasteiger partial charge in [0.2, 0.25) is 0 Å². The fraction of sp³-hybridized carbons (Fsp3) is 0.0952. The molecule has 0 fully saturated rings. The molecule has 0 bridgehead atoms. The Kier molecular flexibility index (Phi) is 5.19. The highest BCUT2D eigenvalue weighted by atomic mass is 19.1. The summed E-state index contributed by atoms with van der Waals surface area (Å²) in [5.41, 5.74) is 1.53. The first-order valence-corrected chi connectivity index (χ1v) is 7.85. The van der Waals surface area contributed by atoms with Gasteiger partial charge in [0.15, 0.2) is 6.29 Å². The maximum atomic E-state index is 14.6. The SMILES string of the molecule is O=Cc1ccc(OCc2ccccc2F)c(Cc2ccccc2)c1F. The molecular formula is C21H16F2O2.